The molecule has 0 atom stereocenters. The number of nitrogens with zero attached hydrogens (tertiary/aromatic N) is 2. The predicted octanol–water partition coefficient (Wildman–Crippen LogP) is 4.34. The molecule has 0 saturated heterocycles. The molecule has 0 spiro atoms. The van der Waals surface area contributed by atoms with Gasteiger partial charge < -0.3 is 19.2 Å². The predicted molar refractivity (Wildman–Crippen MR) is 111 cm³/mol. The third kappa shape index (κ3) is 6.09. The fourth-order valence-corrected chi connectivity index (χ4v) is 2.85. The lowest BCUT2D eigenvalue weighted by atomic mass is 10.0. The van der Waals surface area contributed by atoms with E-state index in [9.17, 15) is 9.90 Å². The number of amides is 1. The molecule has 1 amide bonds. The number of aromatic nitrogens is 1. The molecule has 0 aliphatic carbocycles. The molecule has 0 fully saturated rings. The molecule has 0 aliphatic rings. The highest BCUT2D eigenvalue weighted by atomic mass is 16.5. The number of carbonyl (C=O) groups excluding carboxylic acids is 1. The maximum Gasteiger partial charge on any atom is 0.257 e. The normalized spacial score (nSPS) is 10.9. The fourth-order valence-electron chi connectivity index (χ4n) is 2.85. The van der Waals surface area contributed by atoms with Crippen molar-refractivity contribution in [3.8, 4) is 5.75 Å². The Morgan fingerprint density at radius 2 is 1.89 bits per heavy atom. The lowest BCUT2D eigenvalue weighted by Gasteiger charge is -2.21. The molecule has 0 bridgehead atoms. The van der Waals surface area contributed by atoms with Crippen LogP contribution in [0.4, 0.5) is 0 Å². The summed E-state index contributed by atoms with van der Waals surface area (Å²) in [5.74, 6) is 1.63. The van der Waals surface area contributed by atoms with E-state index in [0.717, 1.165) is 0 Å². The molecule has 0 aliphatic heterocycles. The Morgan fingerprint density at radius 3 is 2.43 bits per heavy atom. The molecule has 0 radical (unpaired) electrons. The van der Waals surface area contributed by atoms with E-state index in [1.165, 1.54) is 0 Å². The summed E-state index contributed by atoms with van der Waals surface area (Å²) in [5.41, 5.74) is 0.0308. The largest absolute Gasteiger partial charge is 0.493 e. The first-order chi connectivity index (χ1) is 13.3. The zero-order valence-electron chi connectivity index (χ0n) is 18.2. The van der Waals surface area contributed by atoms with Gasteiger partial charge in [0, 0.05) is 19.5 Å². The number of benzene rings is 1. The Kier molecular flexibility index (Phi) is 9.19. The fraction of sp³-hybridized carbons (Fsp3) is 0.545. The number of hydrogen-bond donors (Lipinski definition) is 1. The van der Waals surface area contributed by atoms with Crippen molar-refractivity contribution in [1.82, 2.24) is 9.88 Å². The van der Waals surface area contributed by atoms with Crippen LogP contribution < -0.4 is 4.74 Å². The third-order valence-corrected chi connectivity index (χ3v) is 4.10. The van der Waals surface area contributed by atoms with Crippen LogP contribution in [0.15, 0.2) is 28.7 Å². The minimum absolute atomic E-state index is 0.0810. The molecule has 1 heterocycles. The number of hydrogen-bond acceptors (Lipinski definition) is 5. The number of rotatable bonds is 8. The van der Waals surface area contributed by atoms with Crippen molar-refractivity contribution in [2.75, 3.05) is 19.7 Å². The van der Waals surface area contributed by atoms with Crippen molar-refractivity contribution >= 4 is 5.91 Å². The van der Waals surface area contributed by atoms with Crippen LogP contribution in [-0.2, 0) is 12.0 Å². The van der Waals surface area contributed by atoms with E-state index in [-0.39, 0.29) is 5.91 Å². The first kappa shape index (κ1) is 23.7. The van der Waals surface area contributed by atoms with E-state index in [1.54, 1.807) is 37.8 Å². The number of likely N-dealkylation sites (N-methyl/N-ethyl adjacent to an activating group) is 1. The highest BCUT2D eigenvalue weighted by molar-refractivity contribution is 5.96. The van der Waals surface area contributed by atoms with E-state index in [4.69, 9.17) is 9.15 Å². The van der Waals surface area contributed by atoms with Crippen LogP contribution in [0.2, 0.25) is 0 Å². The van der Waals surface area contributed by atoms with E-state index < -0.39 is 5.60 Å². The second kappa shape index (κ2) is 10.9. The van der Waals surface area contributed by atoms with Gasteiger partial charge in [-0.05, 0) is 46.8 Å². The summed E-state index contributed by atoms with van der Waals surface area (Å²) < 4.78 is 11.2. The summed E-state index contributed by atoms with van der Waals surface area (Å²) in [5, 5.41) is 10.1. The summed E-state index contributed by atoms with van der Waals surface area (Å²) in [4.78, 5) is 19.0. The molecule has 28 heavy (non-hydrogen) atoms. The Hall–Kier alpha value is -2.34. The van der Waals surface area contributed by atoms with Gasteiger partial charge in [0.05, 0.1) is 12.2 Å². The molecule has 1 aromatic carbocycles. The quantitative estimate of drug-likeness (QED) is 0.726. The van der Waals surface area contributed by atoms with Crippen LogP contribution in [0, 0.1) is 6.92 Å². The standard InChI is InChI=1S/C20H28N2O4.C2H6/c1-6-22(19(23)15-10-8-9-11-16(15)25-7-2)13-12-17-21-18(14(3)26-17)20(4,5)24;1-2/h8-11,24H,6-7,12-13H2,1-5H3;1-2H3. The van der Waals surface area contributed by atoms with E-state index in [0.29, 0.717) is 54.8 Å². The SMILES string of the molecule is CC.CCOc1ccccc1C(=O)N(CC)CCc1nc(C(C)(C)O)c(C)o1. The average Bonchev–Trinajstić information content (AvgIpc) is 3.05. The second-order valence-corrected chi connectivity index (χ2v) is 6.64. The van der Waals surface area contributed by atoms with Crippen LogP contribution >= 0.6 is 0 Å². The maximum atomic E-state index is 12.9. The number of oxazole rings is 1. The van der Waals surface area contributed by atoms with Crippen molar-refractivity contribution in [2.45, 2.75) is 60.5 Å². The van der Waals surface area contributed by atoms with Crippen LogP contribution in [0.5, 0.6) is 5.75 Å². The van der Waals surface area contributed by atoms with Gasteiger partial charge in [-0.1, -0.05) is 26.0 Å². The van der Waals surface area contributed by atoms with Gasteiger partial charge in [0.2, 0.25) is 0 Å². The minimum Gasteiger partial charge on any atom is -0.493 e. The highest BCUT2D eigenvalue weighted by Crippen LogP contribution is 2.24. The van der Waals surface area contributed by atoms with Crippen LogP contribution in [0.1, 0.15) is 69.2 Å². The van der Waals surface area contributed by atoms with Gasteiger partial charge in [0.25, 0.3) is 5.91 Å². The van der Waals surface area contributed by atoms with E-state index in [2.05, 4.69) is 4.98 Å². The van der Waals surface area contributed by atoms with E-state index in [1.807, 2.05) is 39.8 Å². The van der Waals surface area contributed by atoms with Gasteiger partial charge in [0.15, 0.2) is 5.89 Å². The van der Waals surface area contributed by atoms with Crippen LogP contribution in [0.25, 0.3) is 0 Å². The lowest BCUT2D eigenvalue weighted by molar-refractivity contribution is 0.0724. The second-order valence-electron chi connectivity index (χ2n) is 6.64. The smallest absolute Gasteiger partial charge is 0.257 e. The maximum absolute atomic E-state index is 12.9. The molecule has 156 valence electrons. The summed E-state index contributed by atoms with van der Waals surface area (Å²) in [6.07, 6.45) is 0.479. The number of para-hydroxylation sites is 1. The van der Waals surface area contributed by atoms with Gasteiger partial charge in [-0.3, -0.25) is 4.79 Å². The Morgan fingerprint density at radius 1 is 1.25 bits per heavy atom. The van der Waals surface area contributed by atoms with Gasteiger partial charge >= 0.3 is 0 Å². The third-order valence-electron chi connectivity index (χ3n) is 4.10. The molecule has 2 rings (SSSR count). The summed E-state index contributed by atoms with van der Waals surface area (Å²) in [7, 11) is 0. The molecule has 2 aromatic rings. The Balaban J connectivity index is 0.00000190. The Labute approximate surface area is 168 Å². The van der Waals surface area contributed by atoms with Gasteiger partial charge in [-0.25, -0.2) is 4.98 Å². The monoisotopic (exact) mass is 390 g/mol. The van der Waals surface area contributed by atoms with Gasteiger partial charge in [0.1, 0.15) is 22.8 Å². The van der Waals surface area contributed by atoms with Gasteiger partial charge in [-0.2, -0.15) is 0 Å². The van der Waals surface area contributed by atoms with Crippen molar-refractivity contribution < 1.29 is 19.1 Å². The summed E-state index contributed by atoms with van der Waals surface area (Å²) >= 11 is 0. The molecule has 6 nitrogen and oxygen atoms in total. The first-order valence-corrected chi connectivity index (χ1v) is 9.98. The zero-order chi connectivity index (χ0) is 21.3. The molecule has 6 heteroatoms. The number of aryl methyl sites for hydroxylation is 1. The van der Waals surface area contributed by atoms with Gasteiger partial charge in [-0.15, -0.1) is 0 Å². The molecular weight excluding hydrogens is 356 g/mol. The van der Waals surface area contributed by atoms with Crippen molar-refractivity contribution in [3.63, 3.8) is 0 Å². The molecular formula is C22H34N2O4. The van der Waals surface area contributed by atoms with E-state index >= 15 is 0 Å². The molecule has 0 unspecified atom stereocenters. The summed E-state index contributed by atoms with van der Waals surface area (Å²) in [6, 6.07) is 7.26. The highest BCUT2D eigenvalue weighted by Gasteiger charge is 2.25. The molecule has 1 aromatic heterocycles. The molecule has 0 saturated carbocycles. The lowest BCUT2D eigenvalue weighted by Crippen LogP contribution is -2.33. The average molecular weight is 391 g/mol. The van der Waals surface area contributed by atoms with Crippen LogP contribution in [-0.4, -0.2) is 40.6 Å². The topological polar surface area (TPSA) is 75.8 Å². The number of aliphatic hydroxyl groups is 1. The van der Waals surface area contributed by atoms with Crippen molar-refractivity contribution in [2.24, 2.45) is 0 Å². The Bertz CT molecular complexity index is 747. The number of ether oxygens (including phenoxy) is 1. The minimum atomic E-state index is -1.05. The van der Waals surface area contributed by atoms with Crippen molar-refractivity contribution in [3.05, 3.63) is 47.2 Å². The first-order valence-electron chi connectivity index (χ1n) is 9.98. The van der Waals surface area contributed by atoms with Crippen LogP contribution in [0.3, 0.4) is 0 Å². The van der Waals surface area contributed by atoms with Crippen molar-refractivity contribution in [1.29, 1.82) is 0 Å². The zero-order valence-corrected chi connectivity index (χ0v) is 18.2. The number of carbonyl (C=O) groups is 1. The summed E-state index contributed by atoms with van der Waals surface area (Å²) in [6.45, 7) is 14.5. The molecule has 1 N–H and O–H groups in total.